The maximum atomic E-state index is 11.8. The van der Waals surface area contributed by atoms with E-state index >= 15 is 0 Å². The van der Waals surface area contributed by atoms with Gasteiger partial charge >= 0.3 is 13.1 Å². The average molecular weight is 422 g/mol. The highest BCUT2D eigenvalue weighted by Gasteiger charge is 2.38. The lowest BCUT2D eigenvalue weighted by Crippen LogP contribution is -2.41. The van der Waals surface area contributed by atoms with Crippen molar-refractivity contribution in [2.24, 2.45) is 0 Å². The number of aryl methyl sites for hydroxylation is 1. The van der Waals surface area contributed by atoms with Crippen LogP contribution in [0.25, 0.3) is 0 Å². The van der Waals surface area contributed by atoms with Crippen molar-refractivity contribution in [3.05, 3.63) is 23.3 Å². The molecule has 1 aliphatic heterocycles. The van der Waals surface area contributed by atoms with E-state index < -0.39 is 21.5 Å². The van der Waals surface area contributed by atoms with Crippen LogP contribution < -0.4 is 10.2 Å². The first-order valence-corrected chi connectivity index (χ1v) is 13.3. The van der Waals surface area contributed by atoms with E-state index in [1.807, 2.05) is 13.0 Å². The number of carbonyl (C=O) groups is 1. The van der Waals surface area contributed by atoms with Gasteiger partial charge in [-0.05, 0) is 60.7 Å². The Balaban J connectivity index is 1.94. The summed E-state index contributed by atoms with van der Waals surface area (Å²) >= 11 is 0. The largest absolute Gasteiger partial charge is 0.494 e. The highest BCUT2D eigenvalue weighted by Crippen LogP contribution is 2.36. The SMILES string of the molecule is CCOC(=O)CC1OB(O)c2cc(OCCCO[Si](C)(C)C(C)(C)C)cc(C)c21. The fourth-order valence-electron chi connectivity index (χ4n) is 3.13. The van der Waals surface area contributed by atoms with E-state index in [1.54, 1.807) is 13.0 Å². The number of hydrogen-bond acceptors (Lipinski definition) is 6. The second-order valence-electron chi connectivity index (χ2n) is 9.04. The standard InChI is InChI=1S/C21H35BO6Si/c1-8-25-19(23)14-18-20-15(2)12-16(13-17(20)22(24)28-18)26-10-9-11-27-29(6,7)21(3,4)5/h12-13,18,24H,8-11,14H2,1-7H3. The van der Waals surface area contributed by atoms with E-state index in [0.29, 0.717) is 31.0 Å². The van der Waals surface area contributed by atoms with Crippen LogP contribution in [-0.2, 0) is 18.6 Å². The van der Waals surface area contributed by atoms with Gasteiger partial charge in [-0.3, -0.25) is 4.79 Å². The topological polar surface area (TPSA) is 74.2 Å². The van der Waals surface area contributed by atoms with Gasteiger partial charge < -0.3 is 23.6 Å². The Morgan fingerprint density at radius 1 is 1.28 bits per heavy atom. The lowest BCUT2D eigenvalue weighted by molar-refractivity contribution is -0.145. The van der Waals surface area contributed by atoms with E-state index in [1.165, 1.54) is 0 Å². The van der Waals surface area contributed by atoms with Crippen LogP contribution in [0.4, 0.5) is 0 Å². The molecule has 8 heteroatoms. The zero-order chi connectivity index (χ0) is 21.8. The van der Waals surface area contributed by atoms with E-state index in [2.05, 4.69) is 33.9 Å². The summed E-state index contributed by atoms with van der Waals surface area (Å²) in [7, 11) is -2.80. The first-order valence-electron chi connectivity index (χ1n) is 10.4. The summed E-state index contributed by atoms with van der Waals surface area (Å²) in [5.41, 5.74) is 2.44. The Morgan fingerprint density at radius 3 is 2.59 bits per heavy atom. The van der Waals surface area contributed by atoms with Gasteiger partial charge in [-0.15, -0.1) is 0 Å². The van der Waals surface area contributed by atoms with Gasteiger partial charge in [0, 0.05) is 13.0 Å². The highest BCUT2D eigenvalue weighted by molar-refractivity contribution is 6.74. The van der Waals surface area contributed by atoms with E-state index in [9.17, 15) is 9.82 Å². The summed E-state index contributed by atoms with van der Waals surface area (Å²) in [5.74, 6) is 0.354. The third kappa shape index (κ3) is 6.07. The normalized spacial score (nSPS) is 16.7. The Labute approximate surface area is 176 Å². The molecule has 0 saturated heterocycles. The zero-order valence-corrected chi connectivity index (χ0v) is 19.8. The van der Waals surface area contributed by atoms with E-state index in [4.69, 9.17) is 18.6 Å². The van der Waals surface area contributed by atoms with Gasteiger partial charge in [-0.25, -0.2) is 0 Å². The van der Waals surface area contributed by atoms with Crippen molar-refractivity contribution in [1.82, 2.24) is 0 Å². The molecule has 1 heterocycles. The number of esters is 1. The first-order chi connectivity index (χ1) is 13.5. The molecule has 0 aliphatic carbocycles. The first kappa shape index (κ1) is 23.9. The lowest BCUT2D eigenvalue weighted by atomic mass is 9.77. The van der Waals surface area contributed by atoms with Crippen molar-refractivity contribution < 1.29 is 28.4 Å². The predicted molar refractivity (Wildman–Crippen MR) is 117 cm³/mol. The maximum absolute atomic E-state index is 11.8. The molecule has 1 unspecified atom stereocenters. The monoisotopic (exact) mass is 422 g/mol. The zero-order valence-electron chi connectivity index (χ0n) is 18.8. The molecule has 0 spiro atoms. The molecule has 6 nitrogen and oxygen atoms in total. The van der Waals surface area contributed by atoms with Gasteiger partial charge in [0.2, 0.25) is 0 Å². The average Bonchev–Trinajstić information content (AvgIpc) is 2.89. The quantitative estimate of drug-likeness (QED) is 0.373. The van der Waals surface area contributed by atoms with Crippen LogP contribution >= 0.6 is 0 Å². The van der Waals surface area contributed by atoms with Gasteiger partial charge in [0.25, 0.3) is 0 Å². The molecule has 0 amide bonds. The third-order valence-corrected chi connectivity index (χ3v) is 10.3. The van der Waals surface area contributed by atoms with Crippen LogP contribution in [0, 0.1) is 6.92 Å². The fourth-order valence-corrected chi connectivity index (χ4v) is 4.22. The smallest absolute Gasteiger partial charge is 0.492 e. The molecule has 0 radical (unpaired) electrons. The molecule has 0 bridgehead atoms. The molecule has 0 aromatic heterocycles. The van der Waals surface area contributed by atoms with E-state index in [0.717, 1.165) is 17.5 Å². The Bertz CT molecular complexity index is 716. The second kappa shape index (κ2) is 9.64. The highest BCUT2D eigenvalue weighted by atomic mass is 28.4. The van der Waals surface area contributed by atoms with Gasteiger partial charge in [0.1, 0.15) is 5.75 Å². The lowest BCUT2D eigenvalue weighted by Gasteiger charge is -2.36. The molecule has 1 atom stereocenters. The molecule has 1 N–H and O–H groups in total. The number of fused-ring (bicyclic) bond motifs is 1. The summed E-state index contributed by atoms with van der Waals surface area (Å²) in [5, 5.41) is 10.5. The van der Waals surface area contributed by atoms with Crippen molar-refractivity contribution in [2.75, 3.05) is 19.8 Å². The van der Waals surface area contributed by atoms with Crippen LogP contribution in [-0.4, -0.2) is 46.2 Å². The summed E-state index contributed by atoms with van der Waals surface area (Å²) < 4.78 is 22.7. The number of carbonyl (C=O) groups excluding carboxylic acids is 1. The maximum Gasteiger partial charge on any atom is 0.492 e. The minimum Gasteiger partial charge on any atom is -0.494 e. The Hall–Kier alpha value is -1.35. The summed E-state index contributed by atoms with van der Waals surface area (Å²) in [6.07, 6.45) is 0.391. The molecule has 0 fully saturated rings. The molecule has 29 heavy (non-hydrogen) atoms. The summed E-state index contributed by atoms with van der Waals surface area (Å²) in [6.45, 7) is 16.4. The Morgan fingerprint density at radius 2 is 1.97 bits per heavy atom. The summed E-state index contributed by atoms with van der Waals surface area (Å²) in [4.78, 5) is 11.8. The van der Waals surface area contributed by atoms with Crippen LogP contribution in [0.15, 0.2) is 12.1 Å². The van der Waals surface area contributed by atoms with Gasteiger partial charge in [0.15, 0.2) is 8.32 Å². The molecule has 162 valence electrons. The third-order valence-electron chi connectivity index (χ3n) is 5.76. The van der Waals surface area contributed by atoms with Crippen LogP contribution in [0.1, 0.15) is 57.8 Å². The van der Waals surface area contributed by atoms with Crippen LogP contribution in [0.3, 0.4) is 0 Å². The van der Waals surface area contributed by atoms with Crippen molar-refractivity contribution in [3.8, 4) is 5.75 Å². The molecule has 1 aromatic carbocycles. The van der Waals surface area contributed by atoms with Crippen LogP contribution in [0.5, 0.6) is 5.75 Å². The van der Waals surface area contributed by atoms with E-state index in [-0.39, 0.29) is 17.4 Å². The minimum atomic E-state index is -1.74. The van der Waals surface area contributed by atoms with Crippen molar-refractivity contribution in [2.45, 2.75) is 71.7 Å². The number of hydrogen-bond donors (Lipinski definition) is 1. The molecular formula is C21H35BO6Si. The second-order valence-corrected chi connectivity index (χ2v) is 13.8. The van der Waals surface area contributed by atoms with Crippen LogP contribution in [0.2, 0.25) is 18.1 Å². The molecule has 1 aromatic rings. The molecule has 2 rings (SSSR count). The van der Waals surface area contributed by atoms with Crippen molar-refractivity contribution >= 4 is 26.9 Å². The molecular weight excluding hydrogens is 387 g/mol. The van der Waals surface area contributed by atoms with Gasteiger partial charge in [-0.1, -0.05) is 20.8 Å². The minimum absolute atomic E-state index is 0.0870. The predicted octanol–water partition coefficient (Wildman–Crippen LogP) is 3.50. The van der Waals surface area contributed by atoms with Crippen molar-refractivity contribution in [1.29, 1.82) is 0 Å². The van der Waals surface area contributed by atoms with Crippen molar-refractivity contribution in [3.63, 3.8) is 0 Å². The number of benzene rings is 1. The molecule has 0 saturated carbocycles. The fraction of sp³-hybridized carbons (Fsp3) is 0.667. The van der Waals surface area contributed by atoms with Gasteiger partial charge in [-0.2, -0.15) is 0 Å². The van der Waals surface area contributed by atoms with Gasteiger partial charge in [0.05, 0.1) is 25.7 Å². The summed E-state index contributed by atoms with van der Waals surface area (Å²) in [6, 6.07) is 3.72. The number of ether oxygens (including phenoxy) is 2. The molecule has 1 aliphatic rings. The Kier molecular flexibility index (Phi) is 7.95. The number of rotatable bonds is 9.